The fraction of sp³-hybridized carbons (Fsp3) is 0.316. The molecule has 0 aliphatic carbocycles. The van der Waals surface area contributed by atoms with Crippen LogP contribution in [0.4, 0.5) is 4.39 Å². The second-order valence-corrected chi connectivity index (χ2v) is 6.15. The molecular formula is C19H20FN3O3. The van der Waals surface area contributed by atoms with Crippen molar-refractivity contribution in [1.29, 1.82) is 0 Å². The zero-order valence-electron chi connectivity index (χ0n) is 14.5. The third-order valence-electron chi connectivity index (χ3n) is 4.17. The van der Waals surface area contributed by atoms with E-state index in [0.29, 0.717) is 13.1 Å². The Bertz CT molecular complexity index is 787. The number of amides is 1. The van der Waals surface area contributed by atoms with Crippen LogP contribution in [0.25, 0.3) is 0 Å². The molecule has 0 N–H and O–H groups in total. The molecule has 2 aromatic rings. The highest BCUT2D eigenvalue weighted by Crippen LogP contribution is 2.13. The van der Waals surface area contributed by atoms with Crippen LogP contribution in [0.15, 0.2) is 42.5 Å². The maximum atomic E-state index is 13.0. The molecule has 0 spiro atoms. The summed E-state index contributed by atoms with van der Waals surface area (Å²) in [4.78, 5) is 31.7. The van der Waals surface area contributed by atoms with Gasteiger partial charge in [-0.25, -0.2) is 9.37 Å². The van der Waals surface area contributed by atoms with Gasteiger partial charge in [-0.15, -0.1) is 0 Å². The van der Waals surface area contributed by atoms with Crippen LogP contribution in [-0.4, -0.2) is 52.8 Å². The Morgan fingerprint density at radius 1 is 1.08 bits per heavy atom. The minimum atomic E-state index is -0.475. The molecule has 136 valence electrons. The van der Waals surface area contributed by atoms with E-state index in [0.717, 1.165) is 25.2 Å². The number of ether oxygens (including phenoxy) is 1. The Kier molecular flexibility index (Phi) is 5.58. The number of nitrogens with zero attached hydrogens (tertiary/aromatic N) is 3. The smallest absolute Gasteiger partial charge is 0.309 e. The molecule has 1 aliphatic rings. The Hall–Kier alpha value is -2.80. The topological polar surface area (TPSA) is 62.7 Å². The lowest BCUT2D eigenvalue weighted by Crippen LogP contribution is -2.48. The minimum absolute atomic E-state index is 0.123. The predicted molar refractivity (Wildman–Crippen MR) is 93.1 cm³/mol. The summed E-state index contributed by atoms with van der Waals surface area (Å²) in [7, 11) is 0. The average Bonchev–Trinajstić information content (AvgIpc) is 2.63. The number of pyridine rings is 1. The monoisotopic (exact) mass is 357 g/mol. The minimum Gasteiger partial charge on any atom is -0.408 e. The summed E-state index contributed by atoms with van der Waals surface area (Å²) >= 11 is 0. The van der Waals surface area contributed by atoms with Crippen LogP contribution in [0, 0.1) is 5.82 Å². The van der Waals surface area contributed by atoms with Gasteiger partial charge in [-0.2, -0.15) is 0 Å². The molecule has 0 unspecified atom stereocenters. The first-order valence-corrected chi connectivity index (χ1v) is 8.43. The zero-order valence-corrected chi connectivity index (χ0v) is 14.5. The van der Waals surface area contributed by atoms with Crippen molar-refractivity contribution in [1.82, 2.24) is 14.8 Å². The molecule has 1 fully saturated rings. The van der Waals surface area contributed by atoms with Crippen LogP contribution in [0.2, 0.25) is 0 Å². The molecule has 1 aliphatic heterocycles. The average molecular weight is 357 g/mol. The lowest BCUT2D eigenvalue weighted by Gasteiger charge is -2.34. The Balaban J connectivity index is 1.56. The molecule has 1 aromatic heterocycles. The van der Waals surface area contributed by atoms with Crippen LogP contribution < -0.4 is 4.74 Å². The summed E-state index contributed by atoms with van der Waals surface area (Å²) in [6, 6.07) is 11.3. The van der Waals surface area contributed by atoms with E-state index >= 15 is 0 Å². The third-order valence-corrected chi connectivity index (χ3v) is 4.17. The summed E-state index contributed by atoms with van der Waals surface area (Å²) in [5.74, 6) is -0.775. The van der Waals surface area contributed by atoms with Crippen molar-refractivity contribution in [3.05, 3.63) is 59.5 Å². The summed E-state index contributed by atoms with van der Waals surface area (Å²) < 4.78 is 17.9. The van der Waals surface area contributed by atoms with Gasteiger partial charge >= 0.3 is 5.97 Å². The fourth-order valence-electron chi connectivity index (χ4n) is 2.86. The van der Waals surface area contributed by atoms with E-state index in [1.54, 1.807) is 35.2 Å². The van der Waals surface area contributed by atoms with Crippen molar-refractivity contribution in [3.8, 4) is 5.88 Å². The Morgan fingerprint density at radius 3 is 2.42 bits per heavy atom. The van der Waals surface area contributed by atoms with E-state index in [9.17, 15) is 14.0 Å². The van der Waals surface area contributed by atoms with Crippen LogP contribution in [0.5, 0.6) is 5.88 Å². The summed E-state index contributed by atoms with van der Waals surface area (Å²) in [5.41, 5.74) is 1.30. The van der Waals surface area contributed by atoms with Crippen molar-refractivity contribution in [3.63, 3.8) is 0 Å². The molecule has 2 heterocycles. The number of hydrogen-bond donors (Lipinski definition) is 0. The van der Waals surface area contributed by atoms with Crippen molar-refractivity contribution >= 4 is 11.9 Å². The number of rotatable bonds is 4. The highest BCUT2D eigenvalue weighted by Gasteiger charge is 2.23. The molecule has 1 saturated heterocycles. The molecule has 0 saturated carbocycles. The third kappa shape index (κ3) is 4.64. The molecule has 0 bridgehead atoms. The van der Waals surface area contributed by atoms with Crippen LogP contribution in [0.3, 0.4) is 0 Å². The van der Waals surface area contributed by atoms with Gasteiger partial charge in [-0.05, 0) is 23.8 Å². The van der Waals surface area contributed by atoms with E-state index in [1.807, 2.05) is 0 Å². The lowest BCUT2D eigenvalue weighted by atomic mass is 10.2. The maximum Gasteiger partial charge on any atom is 0.309 e. The molecule has 0 radical (unpaired) electrons. The second-order valence-electron chi connectivity index (χ2n) is 6.15. The van der Waals surface area contributed by atoms with Gasteiger partial charge in [0.15, 0.2) is 0 Å². The van der Waals surface area contributed by atoms with E-state index in [2.05, 4.69) is 9.88 Å². The molecular weight excluding hydrogens is 337 g/mol. The van der Waals surface area contributed by atoms with Gasteiger partial charge < -0.3 is 9.64 Å². The number of halogens is 1. The first kappa shape index (κ1) is 18.0. The molecule has 7 heteroatoms. The fourth-order valence-corrected chi connectivity index (χ4v) is 2.86. The van der Waals surface area contributed by atoms with Crippen molar-refractivity contribution < 1.29 is 18.7 Å². The number of esters is 1. The molecule has 1 amide bonds. The van der Waals surface area contributed by atoms with Crippen molar-refractivity contribution in [2.75, 3.05) is 26.2 Å². The van der Waals surface area contributed by atoms with Crippen LogP contribution in [0.1, 0.15) is 23.0 Å². The zero-order chi connectivity index (χ0) is 18.5. The SMILES string of the molecule is CC(=O)Oc1cccc(C(=O)N2CCN(Cc3ccc(F)cc3)CC2)n1. The first-order valence-electron chi connectivity index (χ1n) is 8.43. The number of piperazine rings is 1. The molecule has 0 atom stereocenters. The molecule has 1 aromatic carbocycles. The lowest BCUT2D eigenvalue weighted by molar-refractivity contribution is -0.132. The van der Waals surface area contributed by atoms with Gasteiger partial charge in [-0.3, -0.25) is 14.5 Å². The van der Waals surface area contributed by atoms with Gasteiger partial charge in [0, 0.05) is 45.7 Å². The summed E-state index contributed by atoms with van der Waals surface area (Å²) in [5, 5.41) is 0. The number of carbonyl (C=O) groups excluding carboxylic acids is 2. The highest BCUT2D eigenvalue weighted by atomic mass is 19.1. The number of carbonyl (C=O) groups is 2. The Labute approximate surface area is 151 Å². The number of hydrogen-bond acceptors (Lipinski definition) is 5. The van der Waals surface area contributed by atoms with E-state index in [4.69, 9.17) is 4.74 Å². The Morgan fingerprint density at radius 2 is 1.77 bits per heavy atom. The number of benzene rings is 1. The summed E-state index contributed by atoms with van der Waals surface area (Å²) in [6.07, 6.45) is 0. The first-order chi connectivity index (χ1) is 12.5. The van der Waals surface area contributed by atoms with Gasteiger partial charge in [0.05, 0.1) is 0 Å². The van der Waals surface area contributed by atoms with Crippen LogP contribution in [-0.2, 0) is 11.3 Å². The van der Waals surface area contributed by atoms with Crippen molar-refractivity contribution in [2.45, 2.75) is 13.5 Å². The molecule has 6 nitrogen and oxygen atoms in total. The van der Waals surface area contributed by atoms with E-state index < -0.39 is 5.97 Å². The largest absolute Gasteiger partial charge is 0.408 e. The van der Waals surface area contributed by atoms with Gasteiger partial charge in [0.1, 0.15) is 11.5 Å². The van der Waals surface area contributed by atoms with Crippen LogP contribution >= 0.6 is 0 Å². The normalized spacial score (nSPS) is 14.9. The molecule has 3 rings (SSSR count). The second kappa shape index (κ2) is 8.05. The number of aromatic nitrogens is 1. The summed E-state index contributed by atoms with van der Waals surface area (Å²) in [6.45, 7) is 4.64. The van der Waals surface area contributed by atoms with Gasteiger partial charge in [-0.1, -0.05) is 18.2 Å². The quantitative estimate of drug-likeness (QED) is 0.784. The highest BCUT2D eigenvalue weighted by molar-refractivity contribution is 5.92. The van der Waals surface area contributed by atoms with E-state index in [1.165, 1.54) is 19.1 Å². The standard InChI is InChI=1S/C19H20FN3O3/c1-14(24)26-18-4-2-3-17(21-18)19(25)23-11-9-22(10-12-23)13-15-5-7-16(20)8-6-15/h2-8H,9-13H2,1H3. The maximum absolute atomic E-state index is 13.0. The van der Waals surface area contributed by atoms with Crippen molar-refractivity contribution in [2.24, 2.45) is 0 Å². The predicted octanol–water partition coefficient (Wildman–Crippen LogP) is 2.10. The van der Waals surface area contributed by atoms with E-state index in [-0.39, 0.29) is 23.3 Å². The molecule has 26 heavy (non-hydrogen) atoms. The van der Waals surface area contributed by atoms with Gasteiger partial charge in [0.2, 0.25) is 5.88 Å². The van der Waals surface area contributed by atoms with Gasteiger partial charge in [0.25, 0.3) is 5.91 Å².